The van der Waals surface area contributed by atoms with Crippen molar-refractivity contribution in [2.24, 2.45) is 0 Å². The molecule has 90 valence electrons. The first-order chi connectivity index (χ1) is 8.66. The molecule has 0 aliphatic carbocycles. The highest BCUT2D eigenvalue weighted by Gasteiger charge is 2.11. The molecule has 7 nitrogen and oxygen atoms in total. The minimum Gasteiger partial charge on any atom is -0.383 e. The summed E-state index contributed by atoms with van der Waals surface area (Å²) in [4.78, 5) is 12.4. The largest absolute Gasteiger partial charge is 0.383 e. The zero-order valence-corrected chi connectivity index (χ0v) is 9.70. The molecule has 0 aliphatic rings. The van der Waals surface area contributed by atoms with Gasteiger partial charge < -0.3 is 11.5 Å². The second kappa shape index (κ2) is 3.66. The van der Waals surface area contributed by atoms with Gasteiger partial charge in [-0.2, -0.15) is 19.7 Å². The highest BCUT2D eigenvalue weighted by atomic mass is 15.4. The lowest BCUT2D eigenvalue weighted by Crippen LogP contribution is -2.09. The fourth-order valence-corrected chi connectivity index (χ4v) is 1.67. The van der Waals surface area contributed by atoms with Crippen molar-refractivity contribution in [3.63, 3.8) is 0 Å². The zero-order valence-electron chi connectivity index (χ0n) is 9.70. The highest BCUT2D eigenvalue weighted by molar-refractivity contribution is 5.78. The summed E-state index contributed by atoms with van der Waals surface area (Å²) in [6, 6.07) is 1.83. The molecule has 7 heteroatoms. The molecule has 0 fully saturated rings. The topological polar surface area (TPSA) is 109 Å². The Morgan fingerprint density at radius 2 is 1.83 bits per heavy atom. The van der Waals surface area contributed by atoms with Gasteiger partial charge in [0.25, 0.3) is 5.95 Å². The average Bonchev–Trinajstić information content (AvgIpc) is 2.79. The Morgan fingerprint density at radius 1 is 1.11 bits per heavy atom. The van der Waals surface area contributed by atoms with Crippen LogP contribution >= 0.6 is 0 Å². The summed E-state index contributed by atoms with van der Waals surface area (Å²) in [5.74, 6) is 1.07. The van der Waals surface area contributed by atoms with Gasteiger partial charge in [0.1, 0.15) is 11.6 Å². The normalized spacial score (nSPS) is 10.9. The van der Waals surface area contributed by atoms with Crippen LogP contribution in [-0.2, 0) is 0 Å². The molecule has 0 spiro atoms. The minimum absolute atomic E-state index is 0.357. The molecule has 0 unspecified atom stereocenters. The molecular weight excluding hydrogens is 230 g/mol. The van der Waals surface area contributed by atoms with Gasteiger partial charge in [-0.05, 0) is 13.0 Å². The van der Waals surface area contributed by atoms with Crippen molar-refractivity contribution in [2.75, 3.05) is 11.5 Å². The predicted octanol–water partition coefficient (Wildman–Crippen LogP) is 0.683. The summed E-state index contributed by atoms with van der Waals surface area (Å²) >= 11 is 0. The Labute approximate surface area is 102 Å². The summed E-state index contributed by atoms with van der Waals surface area (Å²) < 4.78 is 1.59. The first-order valence-corrected chi connectivity index (χ1v) is 5.34. The van der Waals surface area contributed by atoms with Crippen molar-refractivity contribution in [1.82, 2.24) is 24.7 Å². The number of anilines is 2. The van der Waals surface area contributed by atoms with Gasteiger partial charge in [0.2, 0.25) is 0 Å². The van der Waals surface area contributed by atoms with Gasteiger partial charge in [0, 0.05) is 23.3 Å². The van der Waals surface area contributed by atoms with Crippen LogP contribution in [0.5, 0.6) is 0 Å². The van der Waals surface area contributed by atoms with Crippen LogP contribution in [0.3, 0.4) is 0 Å². The SMILES string of the molecule is Cc1c(N)nc(-n2ncc3cnccc32)nc1N. The molecule has 3 rings (SSSR count). The predicted molar refractivity (Wildman–Crippen MR) is 68.0 cm³/mol. The maximum Gasteiger partial charge on any atom is 0.255 e. The Balaban J connectivity index is 2.26. The van der Waals surface area contributed by atoms with Crippen LogP contribution in [0.2, 0.25) is 0 Å². The first-order valence-electron chi connectivity index (χ1n) is 5.34. The monoisotopic (exact) mass is 241 g/mol. The molecule has 18 heavy (non-hydrogen) atoms. The maximum atomic E-state index is 5.79. The van der Waals surface area contributed by atoms with Gasteiger partial charge in [0.15, 0.2) is 0 Å². The molecule has 0 aromatic carbocycles. The summed E-state index contributed by atoms with van der Waals surface area (Å²) in [5, 5.41) is 5.12. The molecule has 0 saturated heterocycles. The lowest BCUT2D eigenvalue weighted by molar-refractivity contribution is 0.835. The summed E-state index contributed by atoms with van der Waals surface area (Å²) in [6.45, 7) is 1.78. The van der Waals surface area contributed by atoms with Crippen LogP contribution in [0, 0.1) is 6.92 Å². The van der Waals surface area contributed by atoms with Crippen LogP contribution in [0.4, 0.5) is 11.6 Å². The fourth-order valence-electron chi connectivity index (χ4n) is 1.67. The Kier molecular flexibility index (Phi) is 2.12. The van der Waals surface area contributed by atoms with Crippen molar-refractivity contribution < 1.29 is 0 Å². The number of nitrogen functional groups attached to an aromatic ring is 2. The van der Waals surface area contributed by atoms with Crippen LogP contribution in [0.15, 0.2) is 24.7 Å². The van der Waals surface area contributed by atoms with E-state index in [1.165, 1.54) is 0 Å². The highest BCUT2D eigenvalue weighted by Crippen LogP contribution is 2.19. The molecule has 3 aromatic rings. The van der Waals surface area contributed by atoms with Crippen LogP contribution in [0.1, 0.15) is 5.56 Å². The van der Waals surface area contributed by atoms with Gasteiger partial charge >= 0.3 is 0 Å². The number of hydrogen-bond acceptors (Lipinski definition) is 6. The lowest BCUT2D eigenvalue weighted by Gasteiger charge is -2.06. The van der Waals surface area contributed by atoms with E-state index >= 15 is 0 Å². The molecule has 3 aromatic heterocycles. The number of nitrogens with two attached hydrogens (primary N) is 2. The van der Waals surface area contributed by atoms with E-state index in [2.05, 4.69) is 20.1 Å². The summed E-state index contributed by atoms with van der Waals surface area (Å²) in [6.07, 6.45) is 5.10. The van der Waals surface area contributed by atoms with E-state index in [1.54, 1.807) is 30.2 Å². The number of rotatable bonds is 1. The van der Waals surface area contributed by atoms with E-state index in [1.807, 2.05) is 6.07 Å². The van der Waals surface area contributed by atoms with E-state index in [4.69, 9.17) is 11.5 Å². The van der Waals surface area contributed by atoms with Gasteiger partial charge in [0.05, 0.1) is 11.7 Å². The Morgan fingerprint density at radius 3 is 2.56 bits per heavy atom. The number of hydrogen-bond donors (Lipinski definition) is 2. The summed E-state index contributed by atoms with van der Waals surface area (Å²) in [7, 11) is 0. The number of pyridine rings is 1. The number of nitrogens with zero attached hydrogens (tertiary/aromatic N) is 5. The van der Waals surface area contributed by atoms with Crippen LogP contribution in [0.25, 0.3) is 16.9 Å². The summed E-state index contributed by atoms with van der Waals surface area (Å²) in [5.41, 5.74) is 13.1. The zero-order chi connectivity index (χ0) is 12.7. The van der Waals surface area contributed by atoms with E-state index in [-0.39, 0.29) is 0 Å². The van der Waals surface area contributed by atoms with Gasteiger partial charge in [-0.15, -0.1) is 0 Å². The van der Waals surface area contributed by atoms with Gasteiger partial charge in [-0.1, -0.05) is 0 Å². The number of aromatic nitrogens is 5. The molecule has 4 N–H and O–H groups in total. The Bertz CT molecular complexity index is 708. The molecule has 0 radical (unpaired) electrons. The van der Waals surface area contributed by atoms with Crippen molar-refractivity contribution in [1.29, 1.82) is 0 Å². The van der Waals surface area contributed by atoms with Crippen molar-refractivity contribution in [3.05, 3.63) is 30.2 Å². The van der Waals surface area contributed by atoms with Crippen molar-refractivity contribution >= 4 is 22.5 Å². The van der Waals surface area contributed by atoms with Gasteiger partial charge in [-0.3, -0.25) is 4.98 Å². The minimum atomic E-state index is 0.357. The van der Waals surface area contributed by atoms with Gasteiger partial charge in [-0.25, -0.2) is 0 Å². The van der Waals surface area contributed by atoms with E-state index in [9.17, 15) is 0 Å². The second-order valence-corrected chi connectivity index (χ2v) is 3.91. The second-order valence-electron chi connectivity index (χ2n) is 3.91. The molecule has 0 bridgehead atoms. The Hall–Kier alpha value is -2.70. The third-order valence-corrected chi connectivity index (χ3v) is 2.77. The van der Waals surface area contributed by atoms with Crippen molar-refractivity contribution in [2.45, 2.75) is 6.92 Å². The van der Waals surface area contributed by atoms with Crippen molar-refractivity contribution in [3.8, 4) is 5.95 Å². The van der Waals surface area contributed by atoms with Crippen LogP contribution < -0.4 is 11.5 Å². The molecular formula is C11H11N7. The molecule has 0 aliphatic heterocycles. The van der Waals surface area contributed by atoms with E-state index in [0.717, 1.165) is 10.9 Å². The number of fused-ring (bicyclic) bond motifs is 1. The average molecular weight is 241 g/mol. The first kappa shape index (κ1) is 10.5. The lowest BCUT2D eigenvalue weighted by atomic mass is 10.3. The standard InChI is InChI=1S/C11H11N7/c1-6-9(12)16-11(17-10(6)13)18-8-2-3-14-4-7(8)5-15-18/h2-5H,1H3,(H4,12,13,16,17). The third-order valence-electron chi connectivity index (χ3n) is 2.77. The van der Waals surface area contributed by atoms with E-state index in [0.29, 0.717) is 23.1 Å². The quantitative estimate of drug-likeness (QED) is 0.648. The molecule has 3 heterocycles. The van der Waals surface area contributed by atoms with E-state index < -0.39 is 0 Å². The molecule has 0 saturated carbocycles. The molecule has 0 atom stereocenters. The fraction of sp³-hybridized carbons (Fsp3) is 0.0909. The van der Waals surface area contributed by atoms with Crippen LogP contribution in [-0.4, -0.2) is 24.7 Å². The molecule has 0 amide bonds. The smallest absolute Gasteiger partial charge is 0.255 e. The third kappa shape index (κ3) is 1.45. The maximum absolute atomic E-state index is 5.79.